The number of hydrogen-bond donors (Lipinski definition) is 2. The van der Waals surface area contributed by atoms with E-state index in [1.165, 1.54) is 0 Å². The number of carbonyl (C=O) groups is 1. The number of hydrogen-bond acceptors (Lipinski definition) is 6. The lowest BCUT2D eigenvalue weighted by Gasteiger charge is -2.11. The highest BCUT2D eigenvalue weighted by Crippen LogP contribution is 2.32. The zero-order valence-electron chi connectivity index (χ0n) is 14.5. The van der Waals surface area contributed by atoms with Gasteiger partial charge < -0.3 is 20.5 Å². The molecule has 0 saturated heterocycles. The first-order chi connectivity index (χ1) is 11.9. The van der Waals surface area contributed by atoms with Crippen LogP contribution in [0, 0.1) is 13.8 Å². The molecule has 0 aliphatic carbocycles. The molecule has 1 amide bonds. The van der Waals surface area contributed by atoms with Crippen molar-refractivity contribution in [3.63, 3.8) is 0 Å². The highest BCUT2D eigenvalue weighted by Gasteiger charge is 2.21. The molecule has 0 aliphatic heterocycles. The van der Waals surface area contributed by atoms with E-state index in [0.29, 0.717) is 28.7 Å². The van der Waals surface area contributed by atoms with E-state index in [-0.39, 0.29) is 5.56 Å². The first-order valence-corrected chi connectivity index (χ1v) is 7.60. The number of primary amides is 1. The Kier molecular flexibility index (Phi) is 4.18. The van der Waals surface area contributed by atoms with Crippen LogP contribution in [-0.2, 0) is 0 Å². The average molecular weight is 341 g/mol. The van der Waals surface area contributed by atoms with E-state index in [4.69, 9.17) is 15.2 Å². The Morgan fingerprint density at radius 1 is 1.20 bits per heavy atom. The topological polar surface area (TPSA) is 104 Å². The number of amides is 1. The van der Waals surface area contributed by atoms with Gasteiger partial charge in [-0.1, -0.05) is 0 Å². The molecule has 3 N–H and O–H groups in total. The van der Waals surface area contributed by atoms with E-state index < -0.39 is 5.91 Å². The van der Waals surface area contributed by atoms with E-state index in [9.17, 15) is 4.79 Å². The molecule has 2 heterocycles. The molecule has 0 spiro atoms. The van der Waals surface area contributed by atoms with Crippen molar-refractivity contribution in [1.29, 1.82) is 0 Å². The maximum atomic E-state index is 12.0. The van der Waals surface area contributed by atoms with Crippen molar-refractivity contribution in [3.05, 3.63) is 41.2 Å². The first-order valence-electron chi connectivity index (χ1n) is 7.60. The summed E-state index contributed by atoms with van der Waals surface area (Å²) in [4.78, 5) is 16.4. The third kappa shape index (κ3) is 2.93. The van der Waals surface area contributed by atoms with Gasteiger partial charge in [-0.15, -0.1) is 5.10 Å². The van der Waals surface area contributed by atoms with Gasteiger partial charge in [0.15, 0.2) is 11.5 Å². The monoisotopic (exact) mass is 341 g/mol. The number of methoxy groups -OCH3 is 2. The minimum absolute atomic E-state index is 0.227. The van der Waals surface area contributed by atoms with Crippen LogP contribution in [0.4, 0.5) is 11.5 Å². The summed E-state index contributed by atoms with van der Waals surface area (Å²) >= 11 is 0. The summed E-state index contributed by atoms with van der Waals surface area (Å²) in [6, 6.07) is 7.16. The number of anilines is 2. The number of nitrogens with one attached hydrogen (secondary N) is 1. The van der Waals surface area contributed by atoms with Gasteiger partial charge in [0.05, 0.1) is 19.9 Å². The Morgan fingerprint density at radius 2 is 1.96 bits per heavy atom. The molecule has 0 bridgehead atoms. The molecule has 1 aromatic carbocycles. The van der Waals surface area contributed by atoms with Crippen LogP contribution in [0.3, 0.4) is 0 Å². The number of benzene rings is 1. The SMILES string of the molecule is COc1ccc(Nc2nn3c(C)cc(C)nc3c2C(N)=O)c(OC)c1. The number of fused-ring (bicyclic) bond motifs is 1. The average Bonchev–Trinajstić information content (AvgIpc) is 2.93. The maximum absolute atomic E-state index is 12.0. The number of nitrogens with zero attached hydrogens (tertiary/aromatic N) is 3. The second-order valence-corrected chi connectivity index (χ2v) is 5.55. The number of aromatic nitrogens is 3. The Bertz CT molecular complexity index is 965. The van der Waals surface area contributed by atoms with Crippen LogP contribution in [0.5, 0.6) is 11.5 Å². The second kappa shape index (κ2) is 6.31. The lowest BCUT2D eigenvalue weighted by Crippen LogP contribution is -2.13. The number of aryl methyl sites for hydroxylation is 2. The van der Waals surface area contributed by atoms with Gasteiger partial charge in [-0.25, -0.2) is 9.50 Å². The molecule has 130 valence electrons. The molecule has 8 heteroatoms. The Labute approximate surface area is 144 Å². The van der Waals surface area contributed by atoms with Gasteiger partial charge in [0.25, 0.3) is 5.91 Å². The molecule has 3 aromatic rings. The minimum Gasteiger partial charge on any atom is -0.497 e. The van der Waals surface area contributed by atoms with Crippen LogP contribution in [-0.4, -0.2) is 34.7 Å². The fraction of sp³-hybridized carbons (Fsp3) is 0.235. The summed E-state index contributed by atoms with van der Waals surface area (Å²) in [5.41, 5.74) is 8.47. The standard InChI is InChI=1S/C17H19N5O3/c1-9-7-10(2)22-17(19-9)14(15(18)23)16(21-22)20-12-6-5-11(24-3)8-13(12)25-4/h5-8H,1-4H3,(H2,18,23)(H,20,21). The van der Waals surface area contributed by atoms with Gasteiger partial charge >= 0.3 is 0 Å². The molecule has 0 saturated carbocycles. The molecule has 0 aliphatic rings. The molecule has 0 fully saturated rings. The summed E-state index contributed by atoms with van der Waals surface area (Å²) in [5, 5.41) is 7.55. The summed E-state index contributed by atoms with van der Waals surface area (Å²) in [6.07, 6.45) is 0. The number of nitrogens with two attached hydrogens (primary N) is 1. The highest BCUT2D eigenvalue weighted by molar-refractivity contribution is 6.04. The van der Waals surface area contributed by atoms with Crippen LogP contribution < -0.4 is 20.5 Å². The number of carbonyl (C=O) groups excluding carboxylic acids is 1. The first kappa shape index (κ1) is 16.6. The Hall–Kier alpha value is -3.29. The highest BCUT2D eigenvalue weighted by atomic mass is 16.5. The summed E-state index contributed by atoms with van der Waals surface area (Å²) in [5.74, 6) is 0.910. The van der Waals surface area contributed by atoms with Crippen molar-refractivity contribution in [3.8, 4) is 11.5 Å². The van der Waals surface area contributed by atoms with Crippen molar-refractivity contribution in [1.82, 2.24) is 14.6 Å². The van der Waals surface area contributed by atoms with E-state index in [1.54, 1.807) is 36.9 Å². The van der Waals surface area contributed by atoms with Crippen molar-refractivity contribution in [2.75, 3.05) is 19.5 Å². The molecule has 0 unspecified atom stereocenters. The predicted octanol–water partition coefficient (Wildman–Crippen LogP) is 2.21. The fourth-order valence-corrected chi connectivity index (χ4v) is 2.66. The number of rotatable bonds is 5. The van der Waals surface area contributed by atoms with E-state index >= 15 is 0 Å². The van der Waals surface area contributed by atoms with Gasteiger partial charge in [0.2, 0.25) is 0 Å². The minimum atomic E-state index is -0.609. The molecule has 25 heavy (non-hydrogen) atoms. The summed E-state index contributed by atoms with van der Waals surface area (Å²) in [6.45, 7) is 3.74. The third-order valence-electron chi connectivity index (χ3n) is 3.80. The molecular weight excluding hydrogens is 322 g/mol. The molecule has 0 radical (unpaired) electrons. The largest absolute Gasteiger partial charge is 0.497 e. The second-order valence-electron chi connectivity index (χ2n) is 5.55. The molecule has 2 aromatic heterocycles. The molecule has 8 nitrogen and oxygen atoms in total. The summed E-state index contributed by atoms with van der Waals surface area (Å²) in [7, 11) is 3.12. The van der Waals surface area contributed by atoms with Crippen molar-refractivity contribution in [2.45, 2.75) is 13.8 Å². The van der Waals surface area contributed by atoms with Crippen LogP contribution in [0.2, 0.25) is 0 Å². The molecular formula is C17H19N5O3. The van der Waals surface area contributed by atoms with Crippen molar-refractivity contribution >= 4 is 23.1 Å². The lowest BCUT2D eigenvalue weighted by atomic mass is 10.2. The van der Waals surface area contributed by atoms with Crippen molar-refractivity contribution in [2.24, 2.45) is 5.73 Å². The van der Waals surface area contributed by atoms with Crippen LogP contribution in [0.1, 0.15) is 21.7 Å². The Morgan fingerprint density at radius 3 is 2.60 bits per heavy atom. The zero-order chi connectivity index (χ0) is 18.1. The predicted molar refractivity (Wildman–Crippen MR) is 93.8 cm³/mol. The quantitative estimate of drug-likeness (QED) is 0.737. The third-order valence-corrected chi connectivity index (χ3v) is 3.80. The van der Waals surface area contributed by atoms with Gasteiger partial charge in [0.1, 0.15) is 17.1 Å². The van der Waals surface area contributed by atoms with E-state index in [0.717, 1.165) is 11.4 Å². The van der Waals surface area contributed by atoms with Crippen LogP contribution in [0.15, 0.2) is 24.3 Å². The lowest BCUT2D eigenvalue weighted by molar-refractivity contribution is 0.100. The van der Waals surface area contributed by atoms with Crippen molar-refractivity contribution < 1.29 is 14.3 Å². The van der Waals surface area contributed by atoms with E-state index in [2.05, 4.69) is 15.4 Å². The van der Waals surface area contributed by atoms with Gasteiger partial charge in [-0.2, -0.15) is 0 Å². The molecule has 3 rings (SSSR count). The number of ether oxygens (including phenoxy) is 2. The van der Waals surface area contributed by atoms with Gasteiger partial charge in [-0.05, 0) is 32.0 Å². The zero-order valence-corrected chi connectivity index (χ0v) is 14.5. The maximum Gasteiger partial charge on any atom is 0.256 e. The fourth-order valence-electron chi connectivity index (χ4n) is 2.66. The smallest absolute Gasteiger partial charge is 0.256 e. The van der Waals surface area contributed by atoms with Crippen LogP contribution >= 0.6 is 0 Å². The van der Waals surface area contributed by atoms with Crippen LogP contribution in [0.25, 0.3) is 5.65 Å². The van der Waals surface area contributed by atoms with Gasteiger partial charge in [0, 0.05) is 17.5 Å². The Balaban J connectivity index is 2.15. The van der Waals surface area contributed by atoms with Gasteiger partial charge in [-0.3, -0.25) is 4.79 Å². The molecule has 0 atom stereocenters. The van der Waals surface area contributed by atoms with E-state index in [1.807, 2.05) is 19.9 Å². The normalized spacial score (nSPS) is 10.7. The summed E-state index contributed by atoms with van der Waals surface area (Å²) < 4.78 is 12.1.